The maximum atomic E-state index is 12.7. The molecule has 4 N–H and O–H groups in total. The predicted octanol–water partition coefficient (Wildman–Crippen LogP) is 1.35. The van der Waals surface area contributed by atoms with E-state index in [9.17, 15) is 14.4 Å². The molecule has 0 aliphatic carbocycles. The van der Waals surface area contributed by atoms with Crippen LogP contribution in [0.25, 0.3) is 0 Å². The third-order valence-corrected chi connectivity index (χ3v) is 4.98. The quantitative estimate of drug-likeness (QED) is 0.668. The molecular formula is C18H23Cl2N4O3+. The largest absolute Gasteiger partial charge is 0.384 e. The normalized spacial score (nSPS) is 12.2. The molecule has 0 spiro atoms. The summed E-state index contributed by atoms with van der Waals surface area (Å²) in [4.78, 5) is 37.3. The highest BCUT2D eigenvalue weighted by Gasteiger charge is 2.23. The number of halogens is 2. The Hall–Kier alpha value is -2.09. The summed E-state index contributed by atoms with van der Waals surface area (Å²) in [6.07, 6.45) is 0.647. The van der Waals surface area contributed by atoms with Gasteiger partial charge in [0.15, 0.2) is 0 Å². The molecule has 0 amide bonds. The van der Waals surface area contributed by atoms with Crippen LogP contribution in [0, 0.1) is 0 Å². The number of nitrogens with zero attached hydrogens (tertiary/aromatic N) is 2. The number of carbonyl (C=O) groups excluding carboxylic acids is 1. The lowest BCUT2D eigenvalue weighted by Crippen LogP contribution is -2.86. The smallest absolute Gasteiger partial charge is 0.332 e. The Morgan fingerprint density at radius 2 is 1.96 bits per heavy atom. The van der Waals surface area contributed by atoms with Crippen LogP contribution in [0.3, 0.4) is 0 Å². The molecule has 9 heteroatoms. The third kappa shape index (κ3) is 4.43. The van der Waals surface area contributed by atoms with Crippen LogP contribution in [-0.4, -0.2) is 21.5 Å². The number of Topliss-reactive ketones (excluding diaryl/α,β-unsaturated/α-hetero) is 1. The summed E-state index contributed by atoms with van der Waals surface area (Å²) in [6.45, 7) is 4.09. The number of anilines is 1. The van der Waals surface area contributed by atoms with E-state index in [4.69, 9.17) is 28.9 Å². The number of quaternary nitrogens is 1. The molecule has 2 rings (SSSR count). The van der Waals surface area contributed by atoms with Gasteiger partial charge < -0.3 is 11.1 Å². The summed E-state index contributed by atoms with van der Waals surface area (Å²) < 4.78 is 2.17. The van der Waals surface area contributed by atoms with Crippen LogP contribution >= 0.6 is 23.2 Å². The zero-order chi connectivity index (χ0) is 20.3. The molecule has 0 bridgehead atoms. The van der Waals surface area contributed by atoms with Gasteiger partial charge in [-0.15, -0.1) is 0 Å². The van der Waals surface area contributed by atoms with Gasteiger partial charge in [-0.05, 0) is 25.5 Å². The van der Waals surface area contributed by atoms with E-state index in [2.05, 4.69) is 0 Å². The fraction of sp³-hybridized carbons (Fsp3) is 0.389. The van der Waals surface area contributed by atoms with Gasteiger partial charge in [-0.25, -0.2) is 4.79 Å². The number of hydrogen-bond donors (Lipinski definition) is 2. The van der Waals surface area contributed by atoms with Crippen LogP contribution in [0.5, 0.6) is 0 Å². The molecule has 146 valence electrons. The second-order valence-electron chi connectivity index (χ2n) is 6.38. The van der Waals surface area contributed by atoms with E-state index in [1.807, 2.05) is 13.8 Å². The molecule has 1 aromatic heterocycles. The summed E-state index contributed by atoms with van der Waals surface area (Å²) >= 11 is 12.1. The highest BCUT2D eigenvalue weighted by atomic mass is 35.5. The average Bonchev–Trinajstić information content (AvgIpc) is 2.61. The highest BCUT2D eigenvalue weighted by molar-refractivity contribution is 6.35. The molecule has 0 saturated heterocycles. The molecule has 7 nitrogen and oxygen atoms in total. The Morgan fingerprint density at radius 3 is 2.56 bits per heavy atom. The zero-order valence-corrected chi connectivity index (χ0v) is 17.0. The van der Waals surface area contributed by atoms with Crippen LogP contribution < -0.4 is 22.3 Å². The summed E-state index contributed by atoms with van der Waals surface area (Å²) in [6, 6.07) is 5.03. The molecule has 0 radical (unpaired) electrons. The van der Waals surface area contributed by atoms with E-state index < -0.39 is 17.0 Å². The zero-order valence-electron chi connectivity index (χ0n) is 15.5. The van der Waals surface area contributed by atoms with Crippen molar-refractivity contribution in [1.82, 2.24) is 9.13 Å². The van der Waals surface area contributed by atoms with E-state index in [-0.39, 0.29) is 24.0 Å². The molecule has 0 saturated carbocycles. The lowest BCUT2D eigenvalue weighted by atomic mass is 10.1. The van der Waals surface area contributed by atoms with Gasteiger partial charge in [-0.3, -0.25) is 18.7 Å². The fourth-order valence-corrected chi connectivity index (χ4v) is 3.45. The number of ketones is 1. The Kier molecular flexibility index (Phi) is 6.86. The Labute approximate surface area is 166 Å². The summed E-state index contributed by atoms with van der Waals surface area (Å²) in [5.41, 5.74) is 5.44. The van der Waals surface area contributed by atoms with Gasteiger partial charge in [-0.1, -0.05) is 36.2 Å². The molecular weight excluding hydrogens is 391 g/mol. The van der Waals surface area contributed by atoms with E-state index in [1.54, 1.807) is 23.5 Å². The van der Waals surface area contributed by atoms with Gasteiger partial charge in [-0.2, -0.15) is 0 Å². The minimum atomic E-state index is -0.680. The van der Waals surface area contributed by atoms with Gasteiger partial charge in [0.2, 0.25) is 5.78 Å². The van der Waals surface area contributed by atoms with Gasteiger partial charge in [0, 0.05) is 24.2 Å². The standard InChI is InChI=1S/C18H22Cl2N4O3/c1-4-7-24-16(21)15(17(26)23(3)18(24)27)14(25)9-22-10(2)12-6-5-11(19)8-13(12)20/h5-6,8,10,22H,4,7,9,21H2,1-3H3/p+1/t10-/m0/s1. The second kappa shape index (κ2) is 8.73. The molecule has 0 fully saturated rings. The SMILES string of the molecule is CCCn1c(N)c(C(=O)C[NH2+][C@@H](C)c2ccc(Cl)cc2Cl)c(=O)n(C)c1=O. The van der Waals surface area contributed by atoms with E-state index in [1.165, 1.54) is 11.6 Å². The fourth-order valence-electron chi connectivity index (χ4n) is 2.87. The van der Waals surface area contributed by atoms with Crippen LogP contribution in [-0.2, 0) is 13.6 Å². The first-order chi connectivity index (χ1) is 12.7. The van der Waals surface area contributed by atoms with Crippen molar-refractivity contribution in [2.75, 3.05) is 12.3 Å². The predicted molar refractivity (Wildman–Crippen MR) is 107 cm³/mol. The van der Waals surface area contributed by atoms with Crippen molar-refractivity contribution in [3.05, 3.63) is 60.2 Å². The number of rotatable bonds is 7. The number of nitrogens with two attached hydrogens (primary N) is 2. The Bertz CT molecular complexity index is 982. The molecule has 0 aliphatic heterocycles. The lowest BCUT2D eigenvalue weighted by Gasteiger charge is -2.15. The van der Waals surface area contributed by atoms with Crippen molar-refractivity contribution in [2.24, 2.45) is 7.05 Å². The Balaban J connectivity index is 2.28. The first kappa shape index (κ1) is 21.2. The second-order valence-corrected chi connectivity index (χ2v) is 7.22. The molecule has 27 heavy (non-hydrogen) atoms. The number of benzene rings is 1. The monoisotopic (exact) mass is 413 g/mol. The van der Waals surface area contributed by atoms with Crippen LogP contribution in [0.15, 0.2) is 27.8 Å². The van der Waals surface area contributed by atoms with Crippen molar-refractivity contribution in [3.8, 4) is 0 Å². The summed E-state index contributed by atoms with van der Waals surface area (Å²) in [5, 5.41) is 2.79. The molecule has 0 unspecified atom stereocenters. The average molecular weight is 414 g/mol. The molecule has 1 heterocycles. The topological polar surface area (TPSA) is 104 Å². The number of aromatic nitrogens is 2. The maximum Gasteiger partial charge on any atom is 0.332 e. The van der Waals surface area contributed by atoms with Crippen LogP contribution in [0.1, 0.15) is 42.2 Å². The molecule has 0 aliphatic rings. The van der Waals surface area contributed by atoms with Crippen molar-refractivity contribution in [2.45, 2.75) is 32.9 Å². The number of carbonyl (C=O) groups is 1. The van der Waals surface area contributed by atoms with Gasteiger partial charge in [0.25, 0.3) is 5.56 Å². The van der Waals surface area contributed by atoms with Crippen molar-refractivity contribution < 1.29 is 10.1 Å². The summed E-state index contributed by atoms with van der Waals surface area (Å²) in [7, 11) is 1.34. The van der Waals surface area contributed by atoms with Crippen molar-refractivity contribution >= 4 is 34.8 Å². The number of nitrogen functional groups attached to an aromatic ring is 1. The number of hydrogen-bond acceptors (Lipinski definition) is 4. The van der Waals surface area contributed by atoms with Crippen molar-refractivity contribution in [3.63, 3.8) is 0 Å². The highest BCUT2D eigenvalue weighted by Crippen LogP contribution is 2.24. The van der Waals surface area contributed by atoms with Gasteiger partial charge in [0.1, 0.15) is 24.0 Å². The molecule has 1 aromatic carbocycles. The van der Waals surface area contributed by atoms with Crippen LogP contribution in [0.4, 0.5) is 5.82 Å². The van der Waals surface area contributed by atoms with E-state index in [0.29, 0.717) is 23.0 Å². The Morgan fingerprint density at radius 1 is 1.30 bits per heavy atom. The molecule has 2 aromatic rings. The van der Waals surface area contributed by atoms with Gasteiger partial charge >= 0.3 is 5.69 Å². The van der Waals surface area contributed by atoms with E-state index in [0.717, 1.165) is 10.1 Å². The lowest BCUT2D eigenvalue weighted by molar-refractivity contribution is -0.681. The van der Waals surface area contributed by atoms with Crippen molar-refractivity contribution in [1.29, 1.82) is 0 Å². The minimum absolute atomic E-state index is 0.0100. The minimum Gasteiger partial charge on any atom is -0.384 e. The summed E-state index contributed by atoms with van der Waals surface area (Å²) in [5.74, 6) is -0.518. The third-order valence-electron chi connectivity index (χ3n) is 4.42. The van der Waals surface area contributed by atoms with Gasteiger partial charge in [0.05, 0.1) is 5.02 Å². The molecule has 1 atom stereocenters. The first-order valence-corrected chi connectivity index (χ1v) is 9.35. The first-order valence-electron chi connectivity index (χ1n) is 8.59. The maximum absolute atomic E-state index is 12.7. The van der Waals surface area contributed by atoms with Crippen LogP contribution in [0.2, 0.25) is 10.0 Å². The van der Waals surface area contributed by atoms with E-state index >= 15 is 0 Å².